The number of amides is 1. The molecule has 2 aliphatic rings. The highest BCUT2D eigenvalue weighted by molar-refractivity contribution is 5.89. The van der Waals surface area contributed by atoms with Crippen LogP contribution in [0.5, 0.6) is 0 Å². The van der Waals surface area contributed by atoms with Gasteiger partial charge in [0.25, 0.3) is 0 Å². The highest BCUT2D eigenvalue weighted by Crippen LogP contribution is 2.35. The second-order valence-corrected chi connectivity index (χ2v) is 3.43. The molecule has 0 radical (unpaired) electrons. The molecular weight excluding hydrogens is 190 g/mol. The van der Waals surface area contributed by atoms with E-state index in [9.17, 15) is 9.59 Å². The van der Waals surface area contributed by atoms with E-state index in [2.05, 4.69) is 0 Å². The Hall–Kier alpha value is -1.14. The molecule has 0 aromatic heterocycles. The number of rotatable bonds is 3. The van der Waals surface area contributed by atoms with Crippen LogP contribution < -0.4 is 0 Å². The Morgan fingerprint density at radius 1 is 1.64 bits per heavy atom. The van der Waals surface area contributed by atoms with Gasteiger partial charge in [-0.05, 0) is 6.42 Å². The zero-order chi connectivity index (χ0) is 10.3. The topological polar surface area (TPSA) is 87.1 Å². The van der Waals surface area contributed by atoms with E-state index in [1.54, 1.807) is 0 Å². The second-order valence-electron chi connectivity index (χ2n) is 3.43. The van der Waals surface area contributed by atoms with Crippen molar-refractivity contribution in [2.75, 3.05) is 6.61 Å². The van der Waals surface area contributed by atoms with Gasteiger partial charge in [0.2, 0.25) is 5.91 Å². The van der Waals surface area contributed by atoms with Crippen LogP contribution >= 0.6 is 0 Å². The summed E-state index contributed by atoms with van der Waals surface area (Å²) in [6.45, 7) is -0.136. The van der Waals surface area contributed by atoms with Gasteiger partial charge in [-0.3, -0.25) is 9.69 Å². The lowest BCUT2D eigenvalue weighted by Crippen LogP contribution is -2.55. The van der Waals surface area contributed by atoms with Crippen LogP contribution in [0.25, 0.3) is 0 Å². The van der Waals surface area contributed by atoms with Crippen LogP contribution in [0.15, 0.2) is 0 Å². The summed E-state index contributed by atoms with van der Waals surface area (Å²) >= 11 is 0. The van der Waals surface area contributed by atoms with Gasteiger partial charge >= 0.3 is 5.97 Å². The number of aliphatic carboxylic acids is 1. The van der Waals surface area contributed by atoms with Crippen LogP contribution in [-0.4, -0.2) is 52.0 Å². The van der Waals surface area contributed by atoms with Gasteiger partial charge in [-0.15, -0.1) is 0 Å². The molecule has 0 spiro atoms. The molecular formula is C8H11NO5. The van der Waals surface area contributed by atoms with E-state index in [4.69, 9.17) is 14.9 Å². The number of β-lactam (4-membered cyclic amide) rings is 1. The van der Waals surface area contributed by atoms with E-state index in [0.717, 1.165) is 0 Å². The number of nitrogens with zero attached hydrogens (tertiary/aromatic N) is 1. The number of carbonyl (C=O) groups excluding carboxylic acids is 1. The normalized spacial score (nSPS) is 35.4. The minimum atomic E-state index is -1.07. The fourth-order valence-corrected chi connectivity index (χ4v) is 1.94. The smallest absolute Gasteiger partial charge is 0.329 e. The van der Waals surface area contributed by atoms with E-state index in [0.29, 0.717) is 0 Å². The Bertz CT molecular complexity index is 279. The quantitative estimate of drug-likeness (QED) is 0.559. The number of carbonyl (C=O) groups is 2. The number of hydrogen-bond acceptors (Lipinski definition) is 4. The summed E-state index contributed by atoms with van der Waals surface area (Å²) in [6, 6.07) is -0.923. The number of carboxylic acids is 1. The fourth-order valence-electron chi connectivity index (χ4n) is 1.94. The molecule has 2 saturated heterocycles. The van der Waals surface area contributed by atoms with Crippen molar-refractivity contribution < 1.29 is 24.5 Å². The third-order valence-electron chi connectivity index (χ3n) is 2.60. The molecule has 2 N–H and O–H groups in total. The molecule has 2 rings (SSSR count). The summed E-state index contributed by atoms with van der Waals surface area (Å²) in [6.07, 6.45) is -0.461. The SMILES string of the molecule is O=C(O)C1C(CCO)OC2CC(=O)N21. The van der Waals surface area contributed by atoms with Crippen LogP contribution in [0.4, 0.5) is 0 Å². The Morgan fingerprint density at radius 2 is 2.36 bits per heavy atom. The minimum Gasteiger partial charge on any atom is -0.480 e. The Morgan fingerprint density at radius 3 is 2.86 bits per heavy atom. The van der Waals surface area contributed by atoms with Crippen molar-refractivity contribution in [2.45, 2.75) is 31.2 Å². The number of fused-ring (bicyclic) bond motifs is 1. The minimum absolute atomic E-state index is 0.136. The number of aliphatic hydroxyl groups excluding tert-OH is 1. The molecule has 2 aliphatic heterocycles. The third kappa shape index (κ3) is 1.18. The van der Waals surface area contributed by atoms with E-state index in [-0.39, 0.29) is 31.6 Å². The van der Waals surface area contributed by atoms with Gasteiger partial charge in [0, 0.05) is 6.61 Å². The van der Waals surface area contributed by atoms with Crippen LogP contribution in [0.2, 0.25) is 0 Å². The first kappa shape index (κ1) is 9.42. The fraction of sp³-hybridized carbons (Fsp3) is 0.750. The molecule has 0 saturated carbocycles. The van der Waals surface area contributed by atoms with Gasteiger partial charge in [-0.2, -0.15) is 0 Å². The van der Waals surface area contributed by atoms with Gasteiger partial charge in [0.1, 0.15) is 6.23 Å². The van der Waals surface area contributed by atoms with Crippen LogP contribution in [0.1, 0.15) is 12.8 Å². The number of hydrogen-bond donors (Lipinski definition) is 2. The first-order valence-electron chi connectivity index (χ1n) is 4.45. The molecule has 0 aromatic carbocycles. The summed E-state index contributed by atoms with van der Waals surface area (Å²) in [5, 5.41) is 17.6. The maximum absolute atomic E-state index is 11.1. The Kier molecular flexibility index (Phi) is 2.16. The average Bonchev–Trinajstić information content (AvgIpc) is 2.39. The number of aliphatic hydroxyl groups is 1. The van der Waals surface area contributed by atoms with Crippen molar-refractivity contribution in [3.8, 4) is 0 Å². The highest BCUT2D eigenvalue weighted by atomic mass is 16.5. The number of ether oxygens (including phenoxy) is 1. The first-order valence-corrected chi connectivity index (χ1v) is 4.45. The van der Waals surface area contributed by atoms with Crippen LogP contribution in [-0.2, 0) is 14.3 Å². The molecule has 14 heavy (non-hydrogen) atoms. The molecule has 1 amide bonds. The molecule has 3 atom stereocenters. The summed E-state index contributed by atoms with van der Waals surface area (Å²) in [5.41, 5.74) is 0. The predicted molar refractivity (Wildman–Crippen MR) is 43.3 cm³/mol. The molecule has 0 aliphatic carbocycles. The highest BCUT2D eigenvalue weighted by Gasteiger charge is 2.54. The first-order chi connectivity index (χ1) is 6.65. The van der Waals surface area contributed by atoms with Crippen LogP contribution in [0, 0.1) is 0 Å². The lowest BCUT2D eigenvalue weighted by molar-refractivity contribution is -0.163. The lowest BCUT2D eigenvalue weighted by atomic mass is 10.0. The monoisotopic (exact) mass is 201 g/mol. The molecule has 3 unspecified atom stereocenters. The van der Waals surface area contributed by atoms with Gasteiger partial charge in [-0.1, -0.05) is 0 Å². The van der Waals surface area contributed by atoms with Crippen molar-refractivity contribution >= 4 is 11.9 Å². The van der Waals surface area contributed by atoms with Gasteiger partial charge in [-0.25, -0.2) is 4.79 Å². The standard InChI is InChI=1S/C8H11NO5/c10-2-1-4-7(8(12)13)9-5(11)3-6(9)14-4/h4,6-7,10H,1-3H2,(H,12,13). The second kappa shape index (κ2) is 3.21. The van der Waals surface area contributed by atoms with E-state index >= 15 is 0 Å². The zero-order valence-electron chi connectivity index (χ0n) is 7.42. The maximum atomic E-state index is 11.1. The third-order valence-corrected chi connectivity index (χ3v) is 2.60. The molecule has 6 nitrogen and oxygen atoms in total. The molecule has 0 aromatic rings. The van der Waals surface area contributed by atoms with E-state index in [1.807, 2.05) is 0 Å². The van der Waals surface area contributed by atoms with Crippen molar-refractivity contribution in [3.05, 3.63) is 0 Å². The molecule has 78 valence electrons. The van der Waals surface area contributed by atoms with Crippen molar-refractivity contribution in [1.82, 2.24) is 4.90 Å². The molecule has 0 bridgehead atoms. The van der Waals surface area contributed by atoms with Crippen molar-refractivity contribution in [1.29, 1.82) is 0 Å². The van der Waals surface area contributed by atoms with Crippen molar-refractivity contribution in [3.63, 3.8) is 0 Å². The molecule has 6 heteroatoms. The maximum Gasteiger partial charge on any atom is 0.329 e. The van der Waals surface area contributed by atoms with E-state index in [1.165, 1.54) is 4.90 Å². The summed E-state index contributed by atoms with van der Waals surface area (Å²) < 4.78 is 5.31. The Labute approximate surface area is 80.1 Å². The van der Waals surface area contributed by atoms with Gasteiger partial charge < -0.3 is 14.9 Å². The van der Waals surface area contributed by atoms with Crippen molar-refractivity contribution in [2.24, 2.45) is 0 Å². The van der Waals surface area contributed by atoms with Gasteiger partial charge in [0.05, 0.1) is 12.5 Å². The Balaban J connectivity index is 2.13. The average molecular weight is 201 g/mol. The summed E-state index contributed by atoms with van der Waals surface area (Å²) in [5.74, 6) is -1.26. The zero-order valence-corrected chi connectivity index (χ0v) is 7.42. The van der Waals surface area contributed by atoms with E-state index < -0.39 is 18.1 Å². The summed E-state index contributed by atoms with van der Waals surface area (Å²) in [7, 11) is 0. The molecule has 2 fully saturated rings. The van der Waals surface area contributed by atoms with Gasteiger partial charge in [0.15, 0.2) is 6.04 Å². The largest absolute Gasteiger partial charge is 0.480 e. The molecule has 2 heterocycles. The summed E-state index contributed by atoms with van der Waals surface area (Å²) in [4.78, 5) is 23.2. The number of carboxylic acid groups (broad SMARTS) is 1. The predicted octanol–water partition coefficient (Wildman–Crippen LogP) is -1.22. The van der Waals surface area contributed by atoms with Crippen LogP contribution in [0.3, 0.4) is 0 Å². The lowest BCUT2D eigenvalue weighted by Gasteiger charge is -2.34.